The fourth-order valence-corrected chi connectivity index (χ4v) is 3.17. The van der Waals surface area contributed by atoms with Gasteiger partial charge in [-0.3, -0.25) is 0 Å². The first kappa shape index (κ1) is 13.1. The number of ether oxygens (including phenoxy) is 1. The molecule has 96 valence electrons. The third kappa shape index (κ3) is 2.03. The van der Waals surface area contributed by atoms with Crippen LogP contribution in [-0.4, -0.2) is 12.1 Å². The fraction of sp³-hybridized carbons (Fsp3) is 0.400. The third-order valence-corrected chi connectivity index (χ3v) is 4.52. The molecule has 0 aliphatic carbocycles. The second kappa shape index (κ2) is 4.73. The maximum atomic E-state index is 5.61. The lowest BCUT2D eigenvalue weighted by Gasteiger charge is -2.14. The van der Waals surface area contributed by atoms with Gasteiger partial charge in [-0.25, -0.2) is 4.98 Å². The van der Waals surface area contributed by atoms with Crippen LogP contribution in [0.15, 0.2) is 6.07 Å². The Balaban J connectivity index is 2.74. The lowest BCUT2D eigenvalue weighted by atomic mass is 9.99. The Morgan fingerprint density at radius 2 is 1.72 bits per heavy atom. The Morgan fingerprint density at radius 1 is 1.06 bits per heavy atom. The first-order valence-electron chi connectivity index (χ1n) is 6.05. The zero-order valence-electron chi connectivity index (χ0n) is 11.8. The van der Waals surface area contributed by atoms with Gasteiger partial charge in [-0.2, -0.15) is 0 Å². The Labute approximate surface area is 113 Å². The molecule has 0 N–H and O–H groups in total. The van der Waals surface area contributed by atoms with Gasteiger partial charge in [-0.05, 0) is 51.3 Å². The van der Waals surface area contributed by atoms with E-state index in [1.54, 1.807) is 18.4 Å². The molecule has 0 radical (unpaired) electrons. The second-order valence-electron chi connectivity index (χ2n) is 4.70. The number of aromatic nitrogens is 1. The minimum absolute atomic E-state index is 0.959. The lowest BCUT2D eigenvalue weighted by molar-refractivity contribution is 0.412. The zero-order chi connectivity index (χ0) is 13.4. The molecule has 0 atom stereocenters. The Bertz CT molecular complexity index is 580. The van der Waals surface area contributed by atoms with Gasteiger partial charge in [0.05, 0.1) is 18.4 Å². The smallest absolute Gasteiger partial charge is 0.132 e. The van der Waals surface area contributed by atoms with E-state index in [9.17, 15) is 0 Å². The van der Waals surface area contributed by atoms with Crippen molar-refractivity contribution in [1.82, 2.24) is 4.98 Å². The highest BCUT2D eigenvalue weighted by molar-refractivity contribution is 7.15. The summed E-state index contributed by atoms with van der Waals surface area (Å²) in [5.41, 5.74) is 5.93. The van der Waals surface area contributed by atoms with Crippen molar-refractivity contribution in [3.05, 3.63) is 33.3 Å². The molecule has 1 aromatic carbocycles. The first-order chi connectivity index (χ1) is 8.45. The molecule has 2 aromatic rings. The number of hydrogen-bond donors (Lipinski definition) is 0. The van der Waals surface area contributed by atoms with Gasteiger partial charge in [0, 0.05) is 4.88 Å². The van der Waals surface area contributed by atoms with E-state index in [-0.39, 0.29) is 0 Å². The molecule has 0 saturated heterocycles. The molecule has 0 bridgehead atoms. The quantitative estimate of drug-likeness (QED) is 0.801. The summed E-state index contributed by atoms with van der Waals surface area (Å²) >= 11 is 1.73. The van der Waals surface area contributed by atoms with Crippen LogP contribution in [0.25, 0.3) is 10.6 Å². The van der Waals surface area contributed by atoms with Crippen molar-refractivity contribution in [1.29, 1.82) is 0 Å². The topological polar surface area (TPSA) is 22.1 Å². The average molecular weight is 261 g/mol. The van der Waals surface area contributed by atoms with Crippen LogP contribution in [-0.2, 0) is 0 Å². The zero-order valence-corrected chi connectivity index (χ0v) is 12.7. The van der Waals surface area contributed by atoms with Crippen LogP contribution in [0.1, 0.15) is 27.3 Å². The molecule has 0 amide bonds. The van der Waals surface area contributed by atoms with E-state index in [1.165, 1.54) is 21.6 Å². The highest BCUT2D eigenvalue weighted by Gasteiger charge is 2.17. The normalized spacial score (nSPS) is 10.8. The van der Waals surface area contributed by atoms with E-state index in [0.717, 1.165) is 22.0 Å². The molecule has 3 heteroatoms. The van der Waals surface area contributed by atoms with E-state index in [2.05, 4.69) is 45.7 Å². The standard InChI is InChI=1S/C15H19NOS/c1-8-7-9(2)13(14(17-6)10(8)3)15-16-11(4)12(5)18-15/h7H,1-6H3. The van der Waals surface area contributed by atoms with E-state index >= 15 is 0 Å². The number of benzene rings is 1. The molecule has 2 nitrogen and oxygen atoms in total. The third-order valence-electron chi connectivity index (χ3n) is 3.43. The molecule has 1 aromatic heterocycles. The highest BCUT2D eigenvalue weighted by atomic mass is 32.1. The summed E-state index contributed by atoms with van der Waals surface area (Å²) in [5, 5.41) is 1.06. The van der Waals surface area contributed by atoms with Crippen molar-refractivity contribution in [2.24, 2.45) is 0 Å². The van der Waals surface area contributed by atoms with Crippen LogP contribution < -0.4 is 4.74 Å². The van der Waals surface area contributed by atoms with Gasteiger partial charge in [0.2, 0.25) is 0 Å². The molecule has 0 fully saturated rings. The van der Waals surface area contributed by atoms with Crippen molar-refractivity contribution in [2.45, 2.75) is 34.6 Å². The largest absolute Gasteiger partial charge is 0.496 e. The molecule has 1 heterocycles. The van der Waals surface area contributed by atoms with Gasteiger partial charge in [-0.15, -0.1) is 11.3 Å². The molecule has 0 aliphatic heterocycles. The Hall–Kier alpha value is -1.35. The second-order valence-corrected chi connectivity index (χ2v) is 5.91. The molecule has 0 aliphatic rings. The first-order valence-corrected chi connectivity index (χ1v) is 6.86. The fourth-order valence-electron chi connectivity index (χ4n) is 2.15. The van der Waals surface area contributed by atoms with Crippen molar-refractivity contribution in [3.63, 3.8) is 0 Å². The SMILES string of the molecule is COc1c(C)c(C)cc(C)c1-c1nc(C)c(C)s1. The Kier molecular flexibility index (Phi) is 3.44. The summed E-state index contributed by atoms with van der Waals surface area (Å²) in [4.78, 5) is 5.93. The summed E-state index contributed by atoms with van der Waals surface area (Å²) in [6.07, 6.45) is 0. The van der Waals surface area contributed by atoms with Gasteiger partial charge in [0.25, 0.3) is 0 Å². The molecular formula is C15H19NOS. The van der Waals surface area contributed by atoms with Gasteiger partial charge >= 0.3 is 0 Å². The number of nitrogens with zero attached hydrogens (tertiary/aromatic N) is 1. The predicted molar refractivity (Wildman–Crippen MR) is 77.8 cm³/mol. The van der Waals surface area contributed by atoms with Gasteiger partial charge in [0.15, 0.2) is 0 Å². The average Bonchev–Trinajstić information content (AvgIpc) is 2.63. The van der Waals surface area contributed by atoms with Gasteiger partial charge in [-0.1, -0.05) is 6.07 Å². The summed E-state index contributed by atoms with van der Waals surface area (Å²) in [6.45, 7) is 10.5. The number of thiazole rings is 1. The van der Waals surface area contributed by atoms with Crippen LogP contribution >= 0.6 is 11.3 Å². The molecule has 0 unspecified atom stereocenters. The van der Waals surface area contributed by atoms with E-state index in [4.69, 9.17) is 4.74 Å². The summed E-state index contributed by atoms with van der Waals surface area (Å²) in [6, 6.07) is 2.21. The van der Waals surface area contributed by atoms with Crippen molar-refractivity contribution < 1.29 is 4.74 Å². The minimum atomic E-state index is 0.959. The summed E-state index contributed by atoms with van der Waals surface area (Å²) < 4.78 is 5.61. The molecule has 0 saturated carbocycles. The van der Waals surface area contributed by atoms with E-state index < -0.39 is 0 Å². The number of hydrogen-bond acceptors (Lipinski definition) is 3. The van der Waals surface area contributed by atoms with Crippen molar-refractivity contribution in [2.75, 3.05) is 7.11 Å². The van der Waals surface area contributed by atoms with Gasteiger partial charge < -0.3 is 4.74 Å². The predicted octanol–water partition coefficient (Wildman–Crippen LogP) is 4.36. The van der Waals surface area contributed by atoms with E-state index in [1.807, 2.05) is 0 Å². The number of methoxy groups -OCH3 is 1. The summed E-state index contributed by atoms with van der Waals surface area (Å²) in [5.74, 6) is 0.959. The van der Waals surface area contributed by atoms with Crippen LogP contribution in [0, 0.1) is 34.6 Å². The molecule has 0 spiro atoms. The van der Waals surface area contributed by atoms with Crippen molar-refractivity contribution in [3.8, 4) is 16.3 Å². The maximum absolute atomic E-state index is 5.61. The number of rotatable bonds is 2. The van der Waals surface area contributed by atoms with E-state index in [0.29, 0.717) is 0 Å². The highest BCUT2D eigenvalue weighted by Crippen LogP contribution is 2.39. The molecule has 2 rings (SSSR count). The van der Waals surface area contributed by atoms with Crippen LogP contribution in [0.4, 0.5) is 0 Å². The molecule has 18 heavy (non-hydrogen) atoms. The lowest BCUT2D eigenvalue weighted by Crippen LogP contribution is -1.96. The van der Waals surface area contributed by atoms with Crippen LogP contribution in [0.3, 0.4) is 0 Å². The summed E-state index contributed by atoms with van der Waals surface area (Å²) in [7, 11) is 1.73. The van der Waals surface area contributed by atoms with Gasteiger partial charge in [0.1, 0.15) is 10.8 Å². The van der Waals surface area contributed by atoms with Crippen molar-refractivity contribution >= 4 is 11.3 Å². The number of aryl methyl sites for hydroxylation is 4. The maximum Gasteiger partial charge on any atom is 0.132 e. The van der Waals surface area contributed by atoms with Crippen LogP contribution in [0.5, 0.6) is 5.75 Å². The monoisotopic (exact) mass is 261 g/mol. The minimum Gasteiger partial charge on any atom is -0.496 e. The molecular weight excluding hydrogens is 242 g/mol. The van der Waals surface area contributed by atoms with Crippen LogP contribution in [0.2, 0.25) is 0 Å². The Morgan fingerprint density at radius 3 is 2.22 bits per heavy atom.